The van der Waals surface area contributed by atoms with Crippen LogP contribution < -0.4 is 4.74 Å². The molecular formula is C15H10O2S. The number of hydrogen-bond acceptors (Lipinski definition) is 3. The van der Waals surface area contributed by atoms with Gasteiger partial charge in [-0.05, 0) is 35.7 Å². The van der Waals surface area contributed by atoms with Crippen LogP contribution in [0.5, 0.6) is 11.5 Å². The average Bonchev–Trinajstić information content (AvgIpc) is 2.90. The molecule has 0 unspecified atom stereocenters. The lowest BCUT2D eigenvalue weighted by Crippen LogP contribution is -1.86. The van der Waals surface area contributed by atoms with Gasteiger partial charge in [-0.3, -0.25) is 4.79 Å². The van der Waals surface area contributed by atoms with Crippen LogP contribution in [0.1, 0.15) is 10.4 Å². The van der Waals surface area contributed by atoms with Crippen molar-refractivity contribution in [3.8, 4) is 11.5 Å². The van der Waals surface area contributed by atoms with Crippen LogP contribution in [-0.4, -0.2) is 6.29 Å². The minimum atomic E-state index is 0.709. The number of carbonyl (C=O) groups excluding carboxylic acids is 1. The Bertz CT molecular complexity index is 686. The van der Waals surface area contributed by atoms with Crippen molar-refractivity contribution in [3.63, 3.8) is 0 Å². The second-order valence-electron chi connectivity index (χ2n) is 3.85. The Morgan fingerprint density at radius 3 is 2.61 bits per heavy atom. The first-order valence-electron chi connectivity index (χ1n) is 5.57. The molecule has 0 saturated heterocycles. The second-order valence-corrected chi connectivity index (χ2v) is 4.77. The highest BCUT2D eigenvalue weighted by Crippen LogP contribution is 2.34. The first-order chi connectivity index (χ1) is 8.88. The molecule has 3 rings (SSSR count). The van der Waals surface area contributed by atoms with Gasteiger partial charge in [0.15, 0.2) is 6.29 Å². The Balaban J connectivity index is 2.08. The summed E-state index contributed by atoms with van der Waals surface area (Å²) in [6, 6.07) is 15.2. The highest BCUT2D eigenvalue weighted by atomic mass is 32.1. The van der Waals surface area contributed by atoms with Gasteiger partial charge in [0.05, 0.1) is 0 Å². The molecule has 0 saturated carbocycles. The molecule has 1 aromatic heterocycles. The summed E-state index contributed by atoms with van der Waals surface area (Å²) in [6.45, 7) is 0. The van der Waals surface area contributed by atoms with Gasteiger partial charge < -0.3 is 4.74 Å². The SMILES string of the molecule is O=Cc1ccc(Oc2ccccc2)c2ccsc12. The van der Waals surface area contributed by atoms with E-state index in [9.17, 15) is 4.79 Å². The summed E-state index contributed by atoms with van der Waals surface area (Å²) in [4.78, 5) is 11.0. The second kappa shape index (κ2) is 4.63. The number of carbonyl (C=O) groups is 1. The Labute approximate surface area is 108 Å². The molecule has 2 aromatic carbocycles. The van der Waals surface area contributed by atoms with Crippen molar-refractivity contribution in [1.82, 2.24) is 0 Å². The fourth-order valence-electron chi connectivity index (χ4n) is 1.86. The van der Waals surface area contributed by atoms with Crippen LogP contribution in [0.15, 0.2) is 53.9 Å². The molecular weight excluding hydrogens is 244 g/mol. The highest BCUT2D eigenvalue weighted by Gasteiger charge is 2.08. The molecule has 1 heterocycles. The lowest BCUT2D eigenvalue weighted by Gasteiger charge is -2.07. The summed E-state index contributed by atoms with van der Waals surface area (Å²) < 4.78 is 6.81. The molecule has 0 radical (unpaired) electrons. The molecule has 18 heavy (non-hydrogen) atoms. The zero-order valence-electron chi connectivity index (χ0n) is 9.50. The Morgan fingerprint density at radius 1 is 1.00 bits per heavy atom. The van der Waals surface area contributed by atoms with E-state index in [0.717, 1.165) is 27.9 Å². The molecule has 3 aromatic rings. The Morgan fingerprint density at radius 2 is 1.83 bits per heavy atom. The third-order valence-corrected chi connectivity index (χ3v) is 3.67. The van der Waals surface area contributed by atoms with Crippen LogP contribution in [0.25, 0.3) is 10.1 Å². The maximum Gasteiger partial charge on any atom is 0.151 e. The van der Waals surface area contributed by atoms with Gasteiger partial charge in [0.1, 0.15) is 11.5 Å². The van der Waals surface area contributed by atoms with Crippen molar-refractivity contribution in [2.24, 2.45) is 0 Å². The smallest absolute Gasteiger partial charge is 0.151 e. The number of benzene rings is 2. The quantitative estimate of drug-likeness (QED) is 0.643. The molecule has 0 aliphatic carbocycles. The van der Waals surface area contributed by atoms with Crippen molar-refractivity contribution in [3.05, 3.63) is 59.5 Å². The molecule has 0 spiro atoms. The molecule has 0 aliphatic heterocycles. The van der Waals surface area contributed by atoms with E-state index in [1.54, 1.807) is 17.4 Å². The zero-order valence-corrected chi connectivity index (χ0v) is 10.3. The molecule has 0 N–H and O–H groups in total. The third-order valence-electron chi connectivity index (χ3n) is 2.71. The molecule has 0 amide bonds. The minimum absolute atomic E-state index is 0.709. The number of hydrogen-bond donors (Lipinski definition) is 0. The number of para-hydroxylation sites is 1. The van der Waals surface area contributed by atoms with Crippen LogP contribution in [0.4, 0.5) is 0 Å². The normalized spacial score (nSPS) is 10.4. The maximum atomic E-state index is 11.0. The van der Waals surface area contributed by atoms with Crippen molar-refractivity contribution < 1.29 is 9.53 Å². The first-order valence-corrected chi connectivity index (χ1v) is 6.45. The van der Waals surface area contributed by atoms with Gasteiger partial charge in [0, 0.05) is 15.6 Å². The topological polar surface area (TPSA) is 26.3 Å². The van der Waals surface area contributed by atoms with Gasteiger partial charge >= 0.3 is 0 Å². The number of fused-ring (bicyclic) bond motifs is 1. The van der Waals surface area contributed by atoms with Crippen LogP contribution >= 0.6 is 11.3 Å². The van der Waals surface area contributed by atoms with Gasteiger partial charge in [-0.25, -0.2) is 0 Å². The van der Waals surface area contributed by atoms with Crippen molar-refractivity contribution >= 4 is 27.7 Å². The van der Waals surface area contributed by atoms with E-state index in [1.807, 2.05) is 47.8 Å². The summed E-state index contributed by atoms with van der Waals surface area (Å²) in [5, 5.41) is 2.95. The van der Waals surface area contributed by atoms with Crippen LogP contribution in [0.2, 0.25) is 0 Å². The van der Waals surface area contributed by atoms with E-state index < -0.39 is 0 Å². The number of rotatable bonds is 3. The molecule has 2 nitrogen and oxygen atoms in total. The summed E-state index contributed by atoms with van der Waals surface area (Å²) >= 11 is 1.55. The zero-order chi connectivity index (χ0) is 12.4. The van der Waals surface area contributed by atoms with Crippen molar-refractivity contribution in [2.75, 3.05) is 0 Å². The average molecular weight is 254 g/mol. The number of thiophene rings is 1. The highest BCUT2D eigenvalue weighted by molar-refractivity contribution is 7.17. The van der Waals surface area contributed by atoms with Gasteiger partial charge in [-0.1, -0.05) is 18.2 Å². The largest absolute Gasteiger partial charge is 0.457 e. The monoisotopic (exact) mass is 254 g/mol. The summed E-state index contributed by atoms with van der Waals surface area (Å²) in [7, 11) is 0. The van der Waals surface area contributed by atoms with E-state index in [0.29, 0.717) is 5.56 Å². The fraction of sp³-hybridized carbons (Fsp3) is 0. The molecule has 0 aliphatic rings. The fourth-order valence-corrected chi connectivity index (χ4v) is 2.74. The minimum Gasteiger partial charge on any atom is -0.457 e. The Kier molecular flexibility index (Phi) is 2.82. The van der Waals surface area contributed by atoms with Crippen LogP contribution in [0, 0.1) is 0 Å². The van der Waals surface area contributed by atoms with Crippen LogP contribution in [0.3, 0.4) is 0 Å². The lowest BCUT2D eigenvalue weighted by molar-refractivity contribution is 0.112. The summed E-state index contributed by atoms with van der Waals surface area (Å²) in [5.41, 5.74) is 0.709. The van der Waals surface area contributed by atoms with E-state index in [1.165, 1.54) is 0 Å². The summed E-state index contributed by atoms with van der Waals surface area (Å²) in [5.74, 6) is 1.58. The van der Waals surface area contributed by atoms with Gasteiger partial charge in [0.25, 0.3) is 0 Å². The van der Waals surface area contributed by atoms with Crippen LogP contribution in [-0.2, 0) is 0 Å². The maximum absolute atomic E-state index is 11.0. The van der Waals surface area contributed by atoms with Crippen molar-refractivity contribution in [1.29, 1.82) is 0 Å². The Hall–Kier alpha value is -2.13. The molecule has 88 valence electrons. The van der Waals surface area contributed by atoms with E-state index in [-0.39, 0.29) is 0 Å². The summed E-state index contributed by atoms with van der Waals surface area (Å²) in [6.07, 6.45) is 0.880. The van der Waals surface area contributed by atoms with Gasteiger partial charge in [-0.2, -0.15) is 0 Å². The number of ether oxygens (including phenoxy) is 1. The third kappa shape index (κ3) is 1.89. The molecule has 0 atom stereocenters. The predicted octanol–water partition coefficient (Wildman–Crippen LogP) is 4.51. The lowest BCUT2D eigenvalue weighted by atomic mass is 10.1. The molecule has 3 heteroatoms. The first kappa shape index (κ1) is 11.0. The molecule has 0 bridgehead atoms. The number of aldehydes is 1. The predicted molar refractivity (Wildman–Crippen MR) is 73.7 cm³/mol. The van der Waals surface area contributed by atoms with E-state index in [4.69, 9.17) is 4.74 Å². The van der Waals surface area contributed by atoms with E-state index >= 15 is 0 Å². The van der Waals surface area contributed by atoms with E-state index in [2.05, 4.69) is 0 Å². The molecule has 0 fully saturated rings. The standard InChI is InChI=1S/C15H10O2S/c16-10-11-6-7-14(13-8-9-18-15(11)13)17-12-4-2-1-3-5-12/h1-10H. The van der Waals surface area contributed by atoms with Gasteiger partial charge in [0.2, 0.25) is 0 Å². The van der Waals surface area contributed by atoms with Gasteiger partial charge in [-0.15, -0.1) is 11.3 Å². The van der Waals surface area contributed by atoms with Crippen molar-refractivity contribution in [2.45, 2.75) is 0 Å².